The molecule has 0 saturated carbocycles. The number of amides is 1. The van der Waals surface area contributed by atoms with Gasteiger partial charge in [-0.15, -0.1) is 0 Å². The Labute approximate surface area is 190 Å². The zero-order chi connectivity index (χ0) is 23.5. The lowest BCUT2D eigenvalue weighted by atomic mass is 10.2. The number of sulfonamides is 1. The SMILES string of the molecule is O=C1c2c(O)cccc2S(=O)(=O)N1COP(=O)(OCc1ccccc1)OCc1ccccc1. The summed E-state index contributed by atoms with van der Waals surface area (Å²) in [5.41, 5.74) is 1.00. The van der Waals surface area contributed by atoms with E-state index in [1.54, 1.807) is 48.5 Å². The summed E-state index contributed by atoms with van der Waals surface area (Å²) in [7, 11) is -8.62. The summed E-state index contributed by atoms with van der Waals surface area (Å²) in [5.74, 6) is -1.48. The van der Waals surface area contributed by atoms with Crippen molar-refractivity contribution in [3.63, 3.8) is 0 Å². The lowest BCUT2D eigenvalue weighted by Gasteiger charge is -2.21. The zero-order valence-corrected chi connectivity index (χ0v) is 18.9. The number of carbonyl (C=O) groups excluding carboxylic acids is 1. The molecule has 0 unspecified atom stereocenters. The van der Waals surface area contributed by atoms with E-state index in [-0.39, 0.29) is 23.7 Å². The molecular weight excluding hydrogens is 469 g/mol. The van der Waals surface area contributed by atoms with Crippen molar-refractivity contribution in [2.45, 2.75) is 18.1 Å². The van der Waals surface area contributed by atoms with Crippen LogP contribution in [0.2, 0.25) is 0 Å². The first-order valence-corrected chi connectivity index (χ1v) is 12.7. The molecule has 1 amide bonds. The smallest absolute Gasteiger partial charge is 0.477 e. The van der Waals surface area contributed by atoms with Crippen LogP contribution in [0.25, 0.3) is 0 Å². The molecule has 9 nitrogen and oxygen atoms in total. The molecular formula is C22H20NO8PS. The maximum atomic E-state index is 13.3. The number of aromatic hydroxyl groups is 1. The van der Waals surface area contributed by atoms with Gasteiger partial charge in [-0.1, -0.05) is 66.7 Å². The Morgan fingerprint density at radius 3 is 1.85 bits per heavy atom. The number of carbonyl (C=O) groups is 1. The normalized spacial score (nSPS) is 14.9. The average molecular weight is 489 g/mol. The van der Waals surface area contributed by atoms with Gasteiger partial charge in [-0.3, -0.25) is 18.4 Å². The van der Waals surface area contributed by atoms with Gasteiger partial charge in [0.05, 0.1) is 13.2 Å². The van der Waals surface area contributed by atoms with Crippen molar-refractivity contribution in [3.05, 3.63) is 95.6 Å². The summed E-state index contributed by atoms with van der Waals surface area (Å²) in [6, 6.07) is 21.4. The maximum absolute atomic E-state index is 13.3. The van der Waals surface area contributed by atoms with E-state index < -0.39 is 36.2 Å². The molecule has 0 atom stereocenters. The van der Waals surface area contributed by atoms with E-state index in [0.717, 1.165) is 0 Å². The molecule has 33 heavy (non-hydrogen) atoms. The van der Waals surface area contributed by atoms with Gasteiger partial charge in [0, 0.05) is 0 Å². The highest BCUT2D eigenvalue weighted by Gasteiger charge is 2.44. The monoisotopic (exact) mass is 489 g/mol. The lowest BCUT2D eigenvalue weighted by Crippen LogP contribution is -2.32. The van der Waals surface area contributed by atoms with Crippen molar-refractivity contribution in [3.8, 4) is 5.75 Å². The fraction of sp³-hybridized carbons (Fsp3) is 0.136. The molecule has 1 heterocycles. The molecule has 0 aromatic heterocycles. The summed E-state index contributed by atoms with van der Waals surface area (Å²) >= 11 is 0. The van der Waals surface area contributed by atoms with Crippen LogP contribution in [0.1, 0.15) is 21.5 Å². The van der Waals surface area contributed by atoms with Crippen LogP contribution in [0, 0.1) is 0 Å². The number of benzene rings is 3. The highest BCUT2D eigenvalue weighted by molar-refractivity contribution is 7.90. The van der Waals surface area contributed by atoms with Gasteiger partial charge in [-0.25, -0.2) is 17.3 Å². The Kier molecular flexibility index (Phi) is 6.64. The van der Waals surface area contributed by atoms with Gasteiger partial charge in [0.1, 0.15) is 22.9 Å². The van der Waals surface area contributed by atoms with Gasteiger partial charge in [0.15, 0.2) is 0 Å². The van der Waals surface area contributed by atoms with Crippen LogP contribution < -0.4 is 0 Å². The minimum absolute atomic E-state index is 0.130. The number of phenols is 1. The molecule has 0 saturated heterocycles. The first-order valence-electron chi connectivity index (χ1n) is 9.81. The Balaban J connectivity index is 1.53. The minimum atomic E-state index is -4.31. The second-order valence-corrected chi connectivity index (χ2v) is 10.5. The molecule has 0 bridgehead atoms. The highest BCUT2D eigenvalue weighted by atomic mass is 32.2. The molecule has 172 valence electrons. The molecule has 0 radical (unpaired) electrons. The number of phosphoric ester groups is 1. The second kappa shape index (κ2) is 9.46. The van der Waals surface area contributed by atoms with Crippen LogP contribution in [0.5, 0.6) is 5.75 Å². The largest absolute Gasteiger partial charge is 0.507 e. The van der Waals surface area contributed by atoms with E-state index in [0.29, 0.717) is 15.4 Å². The van der Waals surface area contributed by atoms with Gasteiger partial charge >= 0.3 is 7.82 Å². The topological polar surface area (TPSA) is 119 Å². The molecule has 1 aliphatic heterocycles. The Morgan fingerprint density at radius 1 is 0.788 bits per heavy atom. The standard InChI is InChI=1S/C22H20NO8PS/c24-19-12-7-13-20-21(19)22(25)23(33(20,27)28)16-31-32(26,29-14-17-8-3-1-4-9-17)30-15-18-10-5-2-6-11-18/h1-13,24H,14-16H2. The number of rotatable bonds is 9. The maximum Gasteiger partial charge on any atom is 0.477 e. The van der Waals surface area contributed by atoms with Crippen LogP contribution in [0.4, 0.5) is 0 Å². The minimum Gasteiger partial charge on any atom is -0.507 e. The predicted molar refractivity (Wildman–Crippen MR) is 117 cm³/mol. The molecule has 4 rings (SSSR count). The molecule has 0 fully saturated rings. The van der Waals surface area contributed by atoms with E-state index in [9.17, 15) is 22.9 Å². The van der Waals surface area contributed by atoms with Crippen LogP contribution in [-0.4, -0.2) is 30.5 Å². The summed E-state index contributed by atoms with van der Waals surface area (Å²) in [6.07, 6.45) is 0. The fourth-order valence-corrected chi connectivity index (χ4v) is 5.73. The first kappa shape index (κ1) is 23.2. The molecule has 11 heteroatoms. The van der Waals surface area contributed by atoms with Crippen molar-refractivity contribution in [1.82, 2.24) is 4.31 Å². The number of hydrogen-bond donors (Lipinski definition) is 1. The Bertz CT molecular complexity index is 1250. The predicted octanol–water partition coefficient (Wildman–Crippen LogP) is 4.05. The van der Waals surface area contributed by atoms with Gasteiger partial charge in [0.2, 0.25) is 0 Å². The van der Waals surface area contributed by atoms with Crippen LogP contribution in [-0.2, 0) is 41.4 Å². The van der Waals surface area contributed by atoms with Crippen molar-refractivity contribution in [1.29, 1.82) is 0 Å². The van der Waals surface area contributed by atoms with Gasteiger partial charge in [-0.2, -0.15) is 0 Å². The molecule has 3 aromatic carbocycles. The van der Waals surface area contributed by atoms with Gasteiger partial charge < -0.3 is 5.11 Å². The fourth-order valence-electron chi connectivity index (χ4n) is 3.12. The summed E-state index contributed by atoms with van der Waals surface area (Å²) in [6.45, 7) is -1.18. The van der Waals surface area contributed by atoms with E-state index in [1.165, 1.54) is 18.2 Å². The molecule has 1 N–H and O–H groups in total. The van der Waals surface area contributed by atoms with Crippen molar-refractivity contribution in [2.24, 2.45) is 0 Å². The van der Waals surface area contributed by atoms with Crippen molar-refractivity contribution >= 4 is 23.8 Å². The highest BCUT2D eigenvalue weighted by Crippen LogP contribution is 2.51. The number of nitrogens with zero attached hydrogens (tertiary/aromatic N) is 1. The number of hydrogen-bond acceptors (Lipinski definition) is 8. The van der Waals surface area contributed by atoms with Gasteiger partial charge in [0.25, 0.3) is 15.9 Å². The molecule has 0 aliphatic carbocycles. The van der Waals surface area contributed by atoms with E-state index in [4.69, 9.17) is 13.6 Å². The average Bonchev–Trinajstić information content (AvgIpc) is 3.02. The summed E-state index contributed by atoms with van der Waals surface area (Å²) in [4.78, 5) is 12.3. The van der Waals surface area contributed by atoms with E-state index in [2.05, 4.69) is 0 Å². The van der Waals surface area contributed by atoms with Crippen molar-refractivity contribution in [2.75, 3.05) is 6.73 Å². The van der Waals surface area contributed by atoms with Crippen LogP contribution in [0.3, 0.4) is 0 Å². The van der Waals surface area contributed by atoms with Crippen molar-refractivity contribution < 1.29 is 36.5 Å². The second-order valence-electron chi connectivity index (χ2n) is 7.03. The first-order chi connectivity index (χ1) is 15.8. The summed E-state index contributed by atoms with van der Waals surface area (Å²) < 4.78 is 55.4. The Hall–Kier alpha value is -3.01. The number of phosphoric acid groups is 1. The third-order valence-corrected chi connectivity index (χ3v) is 7.88. The van der Waals surface area contributed by atoms with E-state index >= 15 is 0 Å². The zero-order valence-electron chi connectivity index (χ0n) is 17.2. The van der Waals surface area contributed by atoms with E-state index in [1.807, 2.05) is 12.1 Å². The lowest BCUT2D eigenvalue weighted by molar-refractivity contribution is 0.0625. The Morgan fingerprint density at radius 2 is 1.33 bits per heavy atom. The quantitative estimate of drug-likeness (QED) is 0.447. The molecule has 1 aliphatic rings. The third kappa shape index (κ3) is 5.00. The third-order valence-electron chi connectivity index (χ3n) is 4.81. The van der Waals surface area contributed by atoms with Gasteiger partial charge in [-0.05, 0) is 23.3 Å². The summed E-state index contributed by atoms with van der Waals surface area (Å²) in [5, 5.41) is 9.94. The molecule has 0 spiro atoms. The van der Waals surface area contributed by atoms with Crippen LogP contribution in [0.15, 0.2) is 83.8 Å². The number of fused-ring (bicyclic) bond motifs is 1. The van der Waals surface area contributed by atoms with Crippen LogP contribution >= 0.6 is 7.82 Å². The number of phenolic OH excluding ortho intramolecular Hbond substituents is 1. The molecule has 3 aromatic rings.